The number of thiazole rings is 1. The van der Waals surface area contributed by atoms with E-state index in [9.17, 15) is 4.79 Å². The lowest BCUT2D eigenvalue weighted by atomic mass is 10.2. The quantitative estimate of drug-likeness (QED) is 0.909. The zero-order valence-corrected chi connectivity index (χ0v) is 13.8. The smallest absolute Gasteiger partial charge is 0.410 e. The van der Waals surface area contributed by atoms with Gasteiger partial charge in [-0.15, -0.1) is 11.3 Å². The van der Waals surface area contributed by atoms with Gasteiger partial charge in [0.2, 0.25) is 0 Å². The molecule has 2 rings (SSSR count). The van der Waals surface area contributed by atoms with Crippen LogP contribution in [0.3, 0.4) is 0 Å². The van der Waals surface area contributed by atoms with Crippen molar-refractivity contribution in [3.8, 4) is 0 Å². The molecule has 0 unspecified atom stereocenters. The van der Waals surface area contributed by atoms with E-state index in [4.69, 9.17) is 4.74 Å². The first-order valence-corrected chi connectivity index (χ1v) is 7.87. The largest absolute Gasteiger partial charge is 0.444 e. The second-order valence-corrected chi connectivity index (χ2v) is 6.88. The summed E-state index contributed by atoms with van der Waals surface area (Å²) in [5.41, 5.74) is 2.40. The minimum Gasteiger partial charge on any atom is -0.444 e. The highest BCUT2D eigenvalue weighted by Gasteiger charge is 2.24. The molecule has 0 saturated carbocycles. The summed E-state index contributed by atoms with van der Waals surface area (Å²) >= 11 is 1.62. The number of rotatable bonds is 2. The molecule has 0 radical (unpaired) electrons. The molecule has 1 aromatic rings. The first-order valence-electron chi connectivity index (χ1n) is 6.99. The lowest BCUT2D eigenvalue weighted by Crippen LogP contribution is -2.47. The molecule has 0 bridgehead atoms. The molecule has 1 aromatic heterocycles. The molecule has 1 N–H and O–H groups in total. The fourth-order valence-electron chi connectivity index (χ4n) is 1.89. The Bertz CT molecular complexity index is 533. The van der Waals surface area contributed by atoms with E-state index in [-0.39, 0.29) is 6.09 Å². The van der Waals surface area contributed by atoms with Crippen molar-refractivity contribution in [1.82, 2.24) is 15.2 Å². The van der Waals surface area contributed by atoms with E-state index >= 15 is 0 Å². The molecule has 2 heterocycles. The minimum atomic E-state index is -0.473. The van der Waals surface area contributed by atoms with Crippen molar-refractivity contribution in [2.24, 2.45) is 4.99 Å². The molecular formula is C14H22N4O2S. The second-order valence-electron chi connectivity index (χ2n) is 5.94. The van der Waals surface area contributed by atoms with Crippen molar-refractivity contribution in [2.75, 3.05) is 19.6 Å². The number of carbonyl (C=O) groups is 1. The van der Waals surface area contributed by atoms with Gasteiger partial charge in [0.25, 0.3) is 0 Å². The zero-order chi connectivity index (χ0) is 15.5. The van der Waals surface area contributed by atoms with Gasteiger partial charge in [-0.2, -0.15) is 0 Å². The molecule has 1 aliphatic heterocycles. The van der Waals surface area contributed by atoms with Crippen molar-refractivity contribution < 1.29 is 9.53 Å². The van der Waals surface area contributed by atoms with E-state index in [0.717, 1.165) is 11.5 Å². The van der Waals surface area contributed by atoms with Crippen LogP contribution in [0.15, 0.2) is 10.5 Å². The van der Waals surface area contributed by atoms with E-state index in [0.29, 0.717) is 26.2 Å². The number of hydrogen-bond acceptors (Lipinski definition) is 6. The SMILES string of the molecule is Cc1ncsc1CNC1=NCCN(C(=O)OC(C)(C)C)C1. The van der Waals surface area contributed by atoms with Gasteiger partial charge < -0.3 is 10.1 Å². The topological polar surface area (TPSA) is 66.8 Å². The van der Waals surface area contributed by atoms with Crippen LogP contribution in [0.1, 0.15) is 31.3 Å². The summed E-state index contributed by atoms with van der Waals surface area (Å²) < 4.78 is 5.39. The number of nitrogens with one attached hydrogen (secondary N) is 1. The maximum atomic E-state index is 12.1. The zero-order valence-electron chi connectivity index (χ0n) is 13.0. The minimum absolute atomic E-state index is 0.286. The number of carbonyl (C=O) groups excluding carboxylic acids is 1. The Morgan fingerprint density at radius 3 is 2.90 bits per heavy atom. The predicted octanol–water partition coefficient (Wildman–Crippen LogP) is 2.19. The van der Waals surface area contributed by atoms with Crippen LogP contribution in [0.25, 0.3) is 0 Å². The Labute approximate surface area is 129 Å². The summed E-state index contributed by atoms with van der Waals surface area (Å²) in [6.07, 6.45) is -0.286. The third-order valence-electron chi connectivity index (χ3n) is 2.96. The number of amidine groups is 1. The van der Waals surface area contributed by atoms with Crippen molar-refractivity contribution in [2.45, 2.75) is 39.8 Å². The van der Waals surface area contributed by atoms with Gasteiger partial charge in [-0.25, -0.2) is 9.78 Å². The van der Waals surface area contributed by atoms with E-state index in [1.165, 1.54) is 4.88 Å². The molecule has 6 nitrogen and oxygen atoms in total. The summed E-state index contributed by atoms with van der Waals surface area (Å²) in [5.74, 6) is 0.819. The molecular weight excluding hydrogens is 288 g/mol. The third kappa shape index (κ3) is 4.70. The molecule has 116 valence electrons. The number of ether oxygens (including phenoxy) is 1. The molecule has 1 amide bonds. The van der Waals surface area contributed by atoms with E-state index < -0.39 is 5.60 Å². The van der Waals surface area contributed by atoms with Crippen molar-refractivity contribution in [3.05, 3.63) is 16.1 Å². The van der Waals surface area contributed by atoms with Crippen LogP contribution >= 0.6 is 11.3 Å². The average Bonchev–Trinajstić information content (AvgIpc) is 2.80. The lowest BCUT2D eigenvalue weighted by molar-refractivity contribution is 0.0276. The average molecular weight is 310 g/mol. The van der Waals surface area contributed by atoms with Gasteiger partial charge in [0.15, 0.2) is 0 Å². The van der Waals surface area contributed by atoms with Gasteiger partial charge in [-0.3, -0.25) is 9.89 Å². The molecule has 21 heavy (non-hydrogen) atoms. The van der Waals surface area contributed by atoms with Crippen LogP contribution in [0.4, 0.5) is 4.79 Å². The van der Waals surface area contributed by atoms with E-state index in [1.807, 2.05) is 33.2 Å². The first kappa shape index (κ1) is 15.8. The maximum absolute atomic E-state index is 12.1. The summed E-state index contributed by atoms with van der Waals surface area (Å²) in [6, 6.07) is 0. The van der Waals surface area contributed by atoms with Crippen LogP contribution < -0.4 is 5.32 Å². The normalized spacial score (nSPS) is 15.6. The standard InChI is InChI=1S/C14H22N4O2S/c1-10-11(21-9-17-10)7-16-12-8-18(6-5-15-12)13(19)20-14(2,3)4/h9H,5-8H2,1-4H3,(H,15,16). The van der Waals surface area contributed by atoms with Crippen molar-refractivity contribution in [1.29, 1.82) is 0 Å². The number of amides is 1. The van der Waals surface area contributed by atoms with Crippen molar-refractivity contribution in [3.63, 3.8) is 0 Å². The Morgan fingerprint density at radius 1 is 1.52 bits per heavy atom. The van der Waals surface area contributed by atoms with Crippen LogP contribution in [-0.2, 0) is 11.3 Å². The Hall–Kier alpha value is -1.63. The molecule has 0 aromatic carbocycles. The fourth-order valence-corrected chi connectivity index (χ4v) is 2.60. The Balaban J connectivity index is 1.87. The van der Waals surface area contributed by atoms with Gasteiger partial charge in [0.05, 0.1) is 30.8 Å². The highest BCUT2D eigenvalue weighted by Crippen LogP contribution is 2.13. The van der Waals surface area contributed by atoms with Crippen LogP contribution in [0.5, 0.6) is 0 Å². The van der Waals surface area contributed by atoms with Gasteiger partial charge in [-0.05, 0) is 27.7 Å². The molecule has 1 aliphatic rings. The monoisotopic (exact) mass is 310 g/mol. The van der Waals surface area contributed by atoms with Gasteiger partial charge in [0.1, 0.15) is 11.4 Å². The number of nitrogens with zero attached hydrogens (tertiary/aromatic N) is 3. The highest BCUT2D eigenvalue weighted by molar-refractivity contribution is 7.09. The van der Waals surface area contributed by atoms with Gasteiger partial charge in [-0.1, -0.05) is 0 Å². The maximum Gasteiger partial charge on any atom is 0.410 e. The molecule has 7 heteroatoms. The van der Waals surface area contributed by atoms with E-state index in [2.05, 4.69) is 15.3 Å². The fraction of sp³-hybridized carbons (Fsp3) is 0.643. The summed E-state index contributed by atoms with van der Waals surface area (Å²) in [6.45, 7) is 9.95. The van der Waals surface area contributed by atoms with Crippen LogP contribution in [-0.4, -0.2) is 47.0 Å². The molecule has 0 saturated heterocycles. The molecule has 0 fully saturated rings. The number of hydrogen-bond donors (Lipinski definition) is 1. The lowest BCUT2D eigenvalue weighted by Gasteiger charge is -2.29. The summed E-state index contributed by atoms with van der Waals surface area (Å²) in [7, 11) is 0. The van der Waals surface area contributed by atoms with Crippen LogP contribution in [0, 0.1) is 6.92 Å². The number of aromatic nitrogens is 1. The summed E-state index contributed by atoms with van der Waals surface area (Å²) in [5, 5.41) is 3.28. The highest BCUT2D eigenvalue weighted by atomic mass is 32.1. The molecule has 0 atom stereocenters. The third-order valence-corrected chi connectivity index (χ3v) is 3.90. The second kappa shape index (κ2) is 6.43. The molecule has 0 spiro atoms. The number of aryl methyl sites for hydroxylation is 1. The first-order chi connectivity index (χ1) is 9.85. The van der Waals surface area contributed by atoms with Crippen LogP contribution in [0.2, 0.25) is 0 Å². The Morgan fingerprint density at radius 2 is 2.29 bits per heavy atom. The van der Waals surface area contributed by atoms with Gasteiger partial charge >= 0.3 is 6.09 Å². The molecule has 0 aliphatic carbocycles. The Kier molecular flexibility index (Phi) is 4.82. The van der Waals surface area contributed by atoms with E-state index in [1.54, 1.807) is 16.2 Å². The van der Waals surface area contributed by atoms with Crippen molar-refractivity contribution >= 4 is 23.3 Å². The predicted molar refractivity (Wildman–Crippen MR) is 83.8 cm³/mol. The van der Waals surface area contributed by atoms with Gasteiger partial charge in [0, 0.05) is 11.4 Å². The summed E-state index contributed by atoms with van der Waals surface area (Å²) in [4.78, 5) is 23.6. The number of aliphatic imine (C=N–C) groups is 1.